The summed E-state index contributed by atoms with van der Waals surface area (Å²) in [6.07, 6.45) is 9.38. The Morgan fingerprint density at radius 1 is 0.771 bits per heavy atom. The van der Waals surface area contributed by atoms with E-state index in [4.69, 9.17) is 5.26 Å². The van der Waals surface area contributed by atoms with Crippen molar-refractivity contribution in [2.45, 2.75) is 222 Å². The molecule has 0 spiro atoms. The minimum absolute atomic E-state index is 0. The highest BCUT2D eigenvalue weighted by Crippen LogP contribution is 2.38. The fraction of sp³-hybridized carbons (Fsp3) is 0.881. The third-order valence-electron chi connectivity index (χ3n) is 7.98. The van der Waals surface area contributed by atoms with Crippen LogP contribution in [-0.4, -0.2) is 54.2 Å². The Hall–Kier alpha value is -1.87. The molecular weight excluding hydrogens is 589 g/mol. The lowest BCUT2D eigenvalue weighted by Gasteiger charge is -2.35. The second-order valence-corrected chi connectivity index (χ2v) is 9.93. The molecule has 0 aromatic heterocycles. The van der Waals surface area contributed by atoms with E-state index in [1.165, 1.54) is 69.5 Å². The van der Waals surface area contributed by atoms with Gasteiger partial charge in [-0.15, -0.1) is 0 Å². The van der Waals surface area contributed by atoms with Gasteiger partial charge in [-0.25, -0.2) is 0 Å². The van der Waals surface area contributed by atoms with Crippen LogP contribution in [0.15, 0.2) is 21.9 Å². The summed E-state index contributed by atoms with van der Waals surface area (Å²) in [5.41, 5.74) is 9.16. The number of nitrogens with two attached hydrogens (primary N) is 1. The first-order chi connectivity index (χ1) is 16.8. The average Bonchev–Trinajstić information content (AvgIpc) is 3.22. The van der Waals surface area contributed by atoms with Gasteiger partial charge in [0, 0.05) is 43.8 Å². The summed E-state index contributed by atoms with van der Waals surface area (Å²) < 4.78 is 0. The molecule has 2 N–H and O–H groups in total. The van der Waals surface area contributed by atoms with Crippen LogP contribution in [0.4, 0.5) is 0 Å². The fourth-order valence-corrected chi connectivity index (χ4v) is 5.08. The molecule has 0 aromatic rings. The molecule has 2 aliphatic heterocycles. The summed E-state index contributed by atoms with van der Waals surface area (Å²) in [6.45, 7) is 25.9. The number of hydrogen-bond acceptors (Lipinski definition) is 6. The lowest BCUT2D eigenvalue weighted by Crippen LogP contribution is -2.43. The first-order valence-electron chi connectivity index (χ1n) is 14.0. The van der Waals surface area contributed by atoms with Gasteiger partial charge in [-0.2, -0.15) is 15.5 Å². The van der Waals surface area contributed by atoms with Gasteiger partial charge in [-0.1, -0.05) is 149 Å². The third kappa shape index (κ3) is 29.1. The van der Waals surface area contributed by atoms with Crippen molar-refractivity contribution in [3.63, 3.8) is 0 Å². The van der Waals surface area contributed by atoms with Gasteiger partial charge in [0.2, 0.25) is 0 Å². The maximum Gasteiger partial charge on any atom is 0.0625 e. The van der Waals surface area contributed by atoms with Crippen LogP contribution >= 0.6 is 0 Å². The van der Waals surface area contributed by atoms with E-state index in [0.29, 0.717) is 17.4 Å². The van der Waals surface area contributed by atoms with Crippen molar-refractivity contribution in [1.82, 2.24) is 10.0 Å². The molecule has 6 heteroatoms. The van der Waals surface area contributed by atoms with Crippen molar-refractivity contribution in [1.29, 1.82) is 5.26 Å². The Bertz CT molecular complexity index is 707. The first-order valence-corrected chi connectivity index (χ1v) is 14.0. The highest BCUT2D eigenvalue weighted by atomic mass is 15.5. The zero-order valence-electron chi connectivity index (χ0n) is 26.8. The largest absolute Gasteiger partial charge is 0.333 e. The molecule has 0 saturated carbocycles. The zero-order chi connectivity index (χ0) is 29.1. The molecule has 48 heavy (non-hydrogen) atoms. The average molecular weight is 699 g/mol. The van der Waals surface area contributed by atoms with Gasteiger partial charge < -0.3 is 5.73 Å². The van der Waals surface area contributed by atoms with E-state index in [2.05, 4.69) is 122 Å². The molecule has 0 radical (unpaired) electrons. The molecule has 0 bridgehead atoms. The fourth-order valence-electron chi connectivity index (χ4n) is 5.08. The lowest BCUT2D eigenvalue weighted by atomic mass is 9.76. The summed E-state index contributed by atoms with van der Waals surface area (Å²) in [5.74, 6) is 0.646. The van der Waals surface area contributed by atoms with Gasteiger partial charge in [-0.3, -0.25) is 10.0 Å². The Labute approximate surface area is 314 Å². The topological polar surface area (TPSA) is 81.0 Å². The van der Waals surface area contributed by atoms with Crippen LogP contribution in [0.2, 0.25) is 0 Å². The summed E-state index contributed by atoms with van der Waals surface area (Å²) in [6, 6.07) is 2.35. The number of hydrogen-bond donors (Lipinski definition) is 1. The van der Waals surface area contributed by atoms with E-state index in [1.807, 2.05) is 0 Å². The van der Waals surface area contributed by atoms with Crippen LogP contribution in [0.1, 0.15) is 211 Å². The van der Waals surface area contributed by atoms with Gasteiger partial charge in [0.05, 0.1) is 17.6 Å². The predicted octanol–water partition coefficient (Wildman–Crippen LogP) is 15.5. The van der Waals surface area contributed by atoms with E-state index in [-0.39, 0.29) is 94.7 Å². The molecule has 0 fully saturated rings. The Balaban J connectivity index is -0.0000000223. The second-order valence-electron chi connectivity index (χ2n) is 9.93. The van der Waals surface area contributed by atoms with E-state index in [9.17, 15) is 0 Å². The van der Waals surface area contributed by atoms with Gasteiger partial charge >= 0.3 is 0 Å². The molecule has 4 atom stereocenters. The maximum absolute atomic E-state index is 7.32. The van der Waals surface area contributed by atoms with Crippen molar-refractivity contribution in [3.8, 4) is 6.07 Å². The molecule has 0 aliphatic carbocycles. The SMILES string of the molecule is C.C.C.C.C.C.C.C.C.C.C.C.CC#N.CC/C=C(/C)CC.CCC1C(C)=NN(C)C1(C)CC.CCC1N(C)N=C(C)C1(C)CC.CN. The van der Waals surface area contributed by atoms with Crippen molar-refractivity contribution >= 4 is 11.4 Å². The zero-order valence-corrected chi connectivity index (χ0v) is 26.8. The van der Waals surface area contributed by atoms with Crippen LogP contribution in [0.5, 0.6) is 0 Å². The molecule has 2 rings (SSSR count). The van der Waals surface area contributed by atoms with Crippen molar-refractivity contribution in [3.05, 3.63) is 11.6 Å². The van der Waals surface area contributed by atoms with Crippen LogP contribution < -0.4 is 5.73 Å². The molecular formula is C42H110N6. The normalized spacial score (nSPS) is 19.9. The standard InChI is InChI=1S/2C10H20N2.C7H14.C2H3N.CH5N.12CH4/c1-6-9-10(4,7-2)8(3)11-12(9)5;1-6-9-8(3)11-12(5)10(9,4)7-2;1-4-6-7(3)5-2;1-2-3;1-2;;;;;;;;;;;;/h2*9H,6-7H2,1-5H3;6H,4-5H2,1-3H3;1H3;2H2,1H3;12*1H4/b;;7-6-;;;;;;;;;;;;;;. The van der Waals surface area contributed by atoms with Gasteiger partial charge in [-0.05, 0) is 73.3 Å². The molecule has 308 valence electrons. The molecule has 2 heterocycles. The highest BCUT2D eigenvalue weighted by Gasteiger charge is 2.42. The van der Waals surface area contributed by atoms with E-state index in [1.54, 1.807) is 6.07 Å². The minimum atomic E-state index is 0. The molecule has 0 saturated heterocycles. The van der Waals surface area contributed by atoms with E-state index >= 15 is 0 Å². The van der Waals surface area contributed by atoms with Crippen LogP contribution in [0, 0.1) is 22.7 Å². The second kappa shape index (κ2) is 52.0. The maximum atomic E-state index is 7.32. The van der Waals surface area contributed by atoms with Gasteiger partial charge in [0.15, 0.2) is 0 Å². The molecule has 4 unspecified atom stereocenters. The van der Waals surface area contributed by atoms with Gasteiger partial charge in [0.1, 0.15) is 0 Å². The number of allylic oxidation sites excluding steroid dienone is 2. The van der Waals surface area contributed by atoms with Gasteiger partial charge in [0.25, 0.3) is 0 Å². The van der Waals surface area contributed by atoms with Crippen molar-refractivity contribution in [2.75, 3.05) is 21.1 Å². The number of nitriles is 1. The van der Waals surface area contributed by atoms with Crippen molar-refractivity contribution < 1.29 is 0 Å². The van der Waals surface area contributed by atoms with Crippen LogP contribution in [-0.2, 0) is 0 Å². The molecule has 2 aliphatic rings. The predicted molar refractivity (Wildman–Crippen MR) is 243 cm³/mol. The Morgan fingerprint density at radius 3 is 1.33 bits per heavy atom. The van der Waals surface area contributed by atoms with Crippen molar-refractivity contribution in [2.24, 2.45) is 27.3 Å². The lowest BCUT2D eigenvalue weighted by molar-refractivity contribution is 0.124. The van der Waals surface area contributed by atoms with E-state index in [0.717, 1.165) is 0 Å². The van der Waals surface area contributed by atoms with Crippen LogP contribution in [0.3, 0.4) is 0 Å². The van der Waals surface area contributed by atoms with E-state index < -0.39 is 0 Å². The summed E-state index contributed by atoms with van der Waals surface area (Å²) in [4.78, 5) is 0. The molecule has 0 amide bonds. The van der Waals surface area contributed by atoms with Crippen LogP contribution in [0.25, 0.3) is 0 Å². The quantitative estimate of drug-likeness (QED) is 0.280. The Kier molecular flexibility index (Phi) is 105. The summed E-state index contributed by atoms with van der Waals surface area (Å²) in [7, 11) is 5.67. The Morgan fingerprint density at radius 2 is 1.15 bits per heavy atom. The summed E-state index contributed by atoms with van der Waals surface area (Å²) in [5, 5.41) is 20.6. The minimum Gasteiger partial charge on any atom is -0.333 e. The summed E-state index contributed by atoms with van der Waals surface area (Å²) >= 11 is 0. The smallest absolute Gasteiger partial charge is 0.0625 e. The molecule has 6 nitrogen and oxygen atoms in total. The number of nitrogens with zero attached hydrogens (tertiary/aromatic N) is 5. The third-order valence-corrected chi connectivity index (χ3v) is 7.98. The highest BCUT2D eigenvalue weighted by molar-refractivity contribution is 5.89. The first kappa shape index (κ1) is 97.0. The monoisotopic (exact) mass is 699 g/mol. The number of hydrazone groups is 2. The molecule has 0 aromatic carbocycles. The number of rotatable bonds is 6.